The number of hydrazone groups is 1. The Morgan fingerprint density at radius 3 is 2.75 bits per heavy atom. The summed E-state index contributed by atoms with van der Waals surface area (Å²) in [5, 5.41) is 16.7. The Hall–Kier alpha value is -3.41. The number of halogens is 1. The molecule has 0 aliphatic carbocycles. The third kappa shape index (κ3) is 3.67. The van der Waals surface area contributed by atoms with Gasteiger partial charge in [-0.3, -0.25) is 4.79 Å². The molecule has 0 saturated carbocycles. The topological polar surface area (TPSA) is 69.3 Å². The van der Waals surface area contributed by atoms with Gasteiger partial charge in [-0.2, -0.15) is 15.4 Å². The maximum atomic E-state index is 13.5. The summed E-state index contributed by atoms with van der Waals surface area (Å²) in [5.41, 5.74) is 1.42. The second kappa shape index (κ2) is 7.68. The van der Waals surface area contributed by atoms with Crippen LogP contribution in [0.15, 0.2) is 65.1 Å². The molecule has 0 unspecified atom stereocenters. The van der Waals surface area contributed by atoms with E-state index >= 15 is 0 Å². The fourth-order valence-corrected chi connectivity index (χ4v) is 3.98. The van der Waals surface area contributed by atoms with Gasteiger partial charge >= 0.3 is 0 Å². The monoisotopic (exact) mass is 406 g/mol. The lowest BCUT2D eigenvalue weighted by Crippen LogP contribution is -2.25. The number of anilines is 1. The Labute approximate surface area is 167 Å². The number of thiophene rings is 1. The molecule has 1 amide bonds. The summed E-state index contributed by atoms with van der Waals surface area (Å²) >= 11 is 2.67. The van der Waals surface area contributed by atoms with Gasteiger partial charge in [0.2, 0.25) is 5.13 Å². The lowest BCUT2D eigenvalue weighted by atomic mass is 10.1. The Morgan fingerprint density at radius 1 is 1.21 bits per heavy atom. The molecule has 4 rings (SSSR count). The smallest absolute Gasteiger partial charge is 0.267 e. The highest BCUT2D eigenvalue weighted by molar-refractivity contribution is 7.22. The maximum Gasteiger partial charge on any atom is 0.280 e. The summed E-state index contributed by atoms with van der Waals surface area (Å²) in [6.07, 6.45) is 1.58. The highest BCUT2D eigenvalue weighted by Crippen LogP contribution is 2.30. The van der Waals surface area contributed by atoms with Gasteiger partial charge in [-0.05, 0) is 53.9 Å². The zero-order valence-corrected chi connectivity index (χ0v) is 15.9. The third-order valence-corrected chi connectivity index (χ3v) is 5.62. The van der Waals surface area contributed by atoms with Crippen molar-refractivity contribution in [2.75, 3.05) is 5.01 Å². The minimum absolute atomic E-state index is 0.336. The normalized spacial score (nSPS) is 11.0. The molecule has 0 saturated heterocycles. The zero-order chi connectivity index (χ0) is 19.5. The van der Waals surface area contributed by atoms with Crippen LogP contribution in [0.25, 0.3) is 10.2 Å². The van der Waals surface area contributed by atoms with Gasteiger partial charge in [0.1, 0.15) is 5.82 Å². The van der Waals surface area contributed by atoms with E-state index in [1.54, 1.807) is 36.5 Å². The van der Waals surface area contributed by atoms with Crippen LogP contribution in [0.2, 0.25) is 0 Å². The number of amides is 1. The van der Waals surface area contributed by atoms with E-state index in [9.17, 15) is 9.18 Å². The molecular weight excluding hydrogens is 395 g/mol. The average molecular weight is 406 g/mol. The number of nitrogens with zero attached hydrogens (tertiary/aromatic N) is 4. The van der Waals surface area contributed by atoms with Crippen molar-refractivity contribution in [2.45, 2.75) is 0 Å². The number of rotatable bonds is 4. The number of hydrogen-bond donors (Lipinski definition) is 0. The predicted molar refractivity (Wildman–Crippen MR) is 109 cm³/mol. The fraction of sp³-hybridized carbons (Fsp3) is 0. The van der Waals surface area contributed by atoms with Crippen LogP contribution in [0.4, 0.5) is 9.52 Å². The van der Waals surface area contributed by atoms with Crippen molar-refractivity contribution in [3.8, 4) is 6.07 Å². The standard InChI is InChI=1S/C20H11FN4OS2/c21-15-7-8-17-18(10-15)28-20(24-17)25(23-12-16-2-1-9-27-16)19(26)14-5-3-13(11-22)4-6-14/h1-10,12H/b23-12+. The molecule has 2 aromatic heterocycles. The second-order valence-electron chi connectivity index (χ2n) is 5.67. The highest BCUT2D eigenvalue weighted by atomic mass is 32.1. The number of fused-ring (bicyclic) bond motifs is 1. The molecule has 0 fully saturated rings. The van der Waals surface area contributed by atoms with Crippen molar-refractivity contribution in [3.63, 3.8) is 0 Å². The van der Waals surface area contributed by atoms with E-state index in [4.69, 9.17) is 5.26 Å². The molecular formula is C20H11FN4OS2. The largest absolute Gasteiger partial charge is 0.280 e. The molecule has 8 heteroatoms. The quantitative estimate of drug-likeness (QED) is 0.352. The van der Waals surface area contributed by atoms with Crippen LogP contribution in [0.1, 0.15) is 20.8 Å². The van der Waals surface area contributed by atoms with E-state index in [1.165, 1.54) is 39.8 Å². The molecule has 0 aliphatic heterocycles. The molecule has 0 radical (unpaired) electrons. The van der Waals surface area contributed by atoms with Crippen LogP contribution < -0.4 is 5.01 Å². The van der Waals surface area contributed by atoms with Crippen molar-refractivity contribution in [2.24, 2.45) is 5.10 Å². The van der Waals surface area contributed by atoms with Crippen molar-refractivity contribution in [1.29, 1.82) is 5.26 Å². The van der Waals surface area contributed by atoms with Gasteiger partial charge in [-0.25, -0.2) is 9.37 Å². The van der Waals surface area contributed by atoms with Crippen LogP contribution in [-0.4, -0.2) is 17.1 Å². The minimum atomic E-state index is -0.392. The first-order valence-electron chi connectivity index (χ1n) is 8.12. The molecule has 28 heavy (non-hydrogen) atoms. The Kier molecular flexibility index (Phi) is 4.93. The maximum absolute atomic E-state index is 13.5. The Balaban J connectivity index is 1.75. The number of carbonyl (C=O) groups is 1. The summed E-state index contributed by atoms with van der Waals surface area (Å²) in [7, 11) is 0. The highest BCUT2D eigenvalue weighted by Gasteiger charge is 2.21. The first-order valence-corrected chi connectivity index (χ1v) is 9.82. The Bertz CT molecular complexity index is 1210. The average Bonchev–Trinajstić information content (AvgIpc) is 3.37. The van der Waals surface area contributed by atoms with Crippen molar-refractivity contribution >= 4 is 50.1 Å². The fourth-order valence-electron chi connectivity index (χ4n) is 2.45. The summed E-state index contributed by atoms with van der Waals surface area (Å²) in [6.45, 7) is 0. The lowest BCUT2D eigenvalue weighted by Gasteiger charge is -2.13. The van der Waals surface area contributed by atoms with Crippen LogP contribution >= 0.6 is 22.7 Å². The number of aromatic nitrogens is 1. The van der Waals surface area contributed by atoms with E-state index in [0.717, 1.165) is 4.88 Å². The predicted octanol–water partition coefficient (Wildman–Crippen LogP) is 5.05. The van der Waals surface area contributed by atoms with Gasteiger partial charge in [0.15, 0.2) is 0 Å². The van der Waals surface area contributed by atoms with Gasteiger partial charge in [0.25, 0.3) is 5.91 Å². The first-order chi connectivity index (χ1) is 13.6. The van der Waals surface area contributed by atoms with Crippen LogP contribution in [-0.2, 0) is 0 Å². The molecule has 0 spiro atoms. The lowest BCUT2D eigenvalue weighted by molar-refractivity contribution is 0.0988. The zero-order valence-electron chi connectivity index (χ0n) is 14.2. The minimum Gasteiger partial charge on any atom is -0.267 e. The van der Waals surface area contributed by atoms with Crippen LogP contribution in [0.5, 0.6) is 0 Å². The molecule has 0 aliphatic rings. The third-order valence-electron chi connectivity index (χ3n) is 3.82. The molecule has 2 aromatic carbocycles. The van der Waals surface area contributed by atoms with Gasteiger partial charge in [-0.15, -0.1) is 11.3 Å². The van der Waals surface area contributed by atoms with Gasteiger partial charge in [-0.1, -0.05) is 17.4 Å². The van der Waals surface area contributed by atoms with Crippen molar-refractivity contribution < 1.29 is 9.18 Å². The van der Waals surface area contributed by atoms with Gasteiger partial charge in [0, 0.05) is 10.4 Å². The van der Waals surface area contributed by atoms with Gasteiger partial charge < -0.3 is 0 Å². The van der Waals surface area contributed by atoms with Crippen molar-refractivity contribution in [1.82, 2.24) is 4.98 Å². The van der Waals surface area contributed by atoms with E-state index < -0.39 is 5.91 Å². The second-order valence-corrected chi connectivity index (χ2v) is 7.66. The number of nitriles is 1. The number of benzene rings is 2. The number of carbonyl (C=O) groups excluding carboxylic acids is 1. The molecule has 2 heterocycles. The van der Waals surface area contributed by atoms with Gasteiger partial charge in [0.05, 0.1) is 28.1 Å². The van der Waals surface area contributed by atoms with E-state index in [2.05, 4.69) is 10.1 Å². The molecule has 4 aromatic rings. The molecule has 0 bridgehead atoms. The Morgan fingerprint density at radius 2 is 2.04 bits per heavy atom. The molecule has 5 nitrogen and oxygen atoms in total. The summed E-state index contributed by atoms with van der Waals surface area (Å²) in [5.74, 6) is -0.758. The molecule has 136 valence electrons. The number of thiazole rings is 1. The summed E-state index contributed by atoms with van der Waals surface area (Å²) in [4.78, 5) is 18.4. The van der Waals surface area contributed by atoms with E-state index in [1.807, 2.05) is 23.6 Å². The summed E-state index contributed by atoms with van der Waals surface area (Å²) in [6, 6.07) is 16.3. The summed E-state index contributed by atoms with van der Waals surface area (Å²) < 4.78 is 14.1. The number of hydrogen-bond acceptors (Lipinski definition) is 6. The van der Waals surface area contributed by atoms with Crippen LogP contribution in [0, 0.1) is 17.1 Å². The SMILES string of the molecule is N#Cc1ccc(C(=O)N(/N=C/c2cccs2)c2nc3ccc(F)cc3s2)cc1. The van der Waals surface area contributed by atoms with Crippen LogP contribution in [0.3, 0.4) is 0 Å². The molecule has 0 atom stereocenters. The van der Waals surface area contributed by atoms with E-state index in [0.29, 0.717) is 26.5 Å². The van der Waals surface area contributed by atoms with E-state index in [-0.39, 0.29) is 5.82 Å². The van der Waals surface area contributed by atoms with Crippen molar-refractivity contribution in [3.05, 3.63) is 81.8 Å². The molecule has 0 N–H and O–H groups in total. The first kappa shape index (κ1) is 18.0.